The van der Waals surface area contributed by atoms with Crippen molar-refractivity contribution in [3.63, 3.8) is 0 Å². The summed E-state index contributed by atoms with van der Waals surface area (Å²) in [7, 11) is 3.80. The molecule has 168 valence electrons. The lowest BCUT2D eigenvalue weighted by atomic mass is 9.79. The van der Waals surface area contributed by atoms with E-state index in [1.807, 2.05) is 13.8 Å². The molecule has 2 heterocycles. The topological polar surface area (TPSA) is 99.0 Å². The predicted molar refractivity (Wildman–Crippen MR) is 133 cm³/mol. The molecule has 0 spiro atoms. The molecule has 0 radical (unpaired) electrons. The van der Waals surface area contributed by atoms with Crippen LogP contribution in [0.1, 0.15) is 73.5 Å². The fraction of sp³-hybridized carbons (Fsp3) is 0.370. The Bertz CT molecular complexity index is 1330. The van der Waals surface area contributed by atoms with Crippen LogP contribution in [0.4, 0.5) is 11.5 Å². The molecule has 1 unspecified atom stereocenters. The van der Waals surface area contributed by atoms with Crippen LogP contribution in [0.15, 0.2) is 17.7 Å². The maximum absolute atomic E-state index is 9.84. The first-order valence-electron chi connectivity index (χ1n) is 11.0. The molecule has 0 saturated carbocycles. The van der Waals surface area contributed by atoms with Gasteiger partial charge in [-0.25, -0.2) is 4.98 Å². The minimum atomic E-state index is 0.0548. The third kappa shape index (κ3) is 3.26. The molecular weight excluding hydrogens is 410 g/mol. The van der Waals surface area contributed by atoms with Crippen LogP contribution in [-0.4, -0.2) is 24.7 Å². The Morgan fingerprint density at radius 3 is 2.55 bits per heavy atom. The second kappa shape index (κ2) is 7.67. The summed E-state index contributed by atoms with van der Waals surface area (Å²) in [6.45, 7) is 10.6. The van der Waals surface area contributed by atoms with Crippen molar-refractivity contribution >= 4 is 28.7 Å². The molecule has 1 aliphatic carbocycles. The van der Waals surface area contributed by atoms with Gasteiger partial charge in [-0.15, -0.1) is 0 Å². The van der Waals surface area contributed by atoms with Gasteiger partial charge in [-0.3, -0.25) is 0 Å². The van der Waals surface area contributed by atoms with E-state index in [1.54, 1.807) is 7.11 Å². The molecule has 6 nitrogen and oxygen atoms in total. The van der Waals surface area contributed by atoms with Crippen LogP contribution in [-0.2, 0) is 0 Å². The standard InChI is InChI=1S/C27H29N5O/c1-14-11-27(4,5)32(6)22-10-23(33-7)17(8-18(14)22)9-19-15(2)20(12-28)25-24(19)16(3)21(13-29)26(30)31-25/h8-10,14H,11H2,1-7H3,(H2,30,31)/b19-9+. The largest absolute Gasteiger partial charge is 0.496 e. The van der Waals surface area contributed by atoms with E-state index >= 15 is 0 Å². The normalized spacial score (nSPS) is 19.7. The van der Waals surface area contributed by atoms with Crippen molar-refractivity contribution < 1.29 is 4.74 Å². The van der Waals surface area contributed by atoms with Gasteiger partial charge >= 0.3 is 0 Å². The monoisotopic (exact) mass is 439 g/mol. The van der Waals surface area contributed by atoms with Gasteiger partial charge in [-0.1, -0.05) is 6.92 Å². The Kier molecular flexibility index (Phi) is 5.21. The van der Waals surface area contributed by atoms with Crippen LogP contribution in [0.5, 0.6) is 5.75 Å². The van der Waals surface area contributed by atoms with Crippen molar-refractivity contribution in [2.45, 2.75) is 52.5 Å². The number of pyridine rings is 1. The van der Waals surface area contributed by atoms with Gasteiger partial charge in [-0.2, -0.15) is 10.5 Å². The molecule has 0 amide bonds. The van der Waals surface area contributed by atoms with Gasteiger partial charge in [-0.05, 0) is 74.4 Å². The average Bonchev–Trinajstić information content (AvgIpc) is 3.02. The van der Waals surface area contributed by atoms with Crippen LogP contribution < -0.4 is 15.4 Å². The second-order valence-corrected chi connectivity index (χ2v) is 9.63. The fourth-order valence-corrected chi connectivity index (χ4v) is 5.25. The van der Waals surface area contributed by atoms with E-state index < -0.39 is 0 Å². The zero-order valence-electron chi connectivity index (χ0n) is 20.3. The van der Waals surface area contributed by atoms with E-state index in [4.69, 9.17) is 10.5 Å². The molecule has 0 bridgehead atoms. The minimum Gasteiger partial charge on any atom is -0.496 e. The Morgan fingerprint density at radius 2 is 1.94 bits per heavy atom. The van der Waals surface area contributed by atoms with Gasteiger partial charge in [0.15, 0.2) is 0 Å². The van der Waals surface area contributed by atoms with E-state index in [2.05, 4.69) is 68.0 Å². The van der Waals surface area contributed by atoms with Gasteiger partial charge in [0.05, 0.1) is 23.9 Å². The number of nitriles is 2. The maximum atomic E-state index is 9.84. The molecule has 2 aliphatic rings. The minimum absolute atomic E-state index is 0.0548. The number of anilines is 2. The van der Waals surface area contributed by atoms with Gasteiger partial charge in [0.25, 0.3) is 0 Å². The third-order valence-electron chi connectivity index (χ3n) is 7.27. The zero-order valence-corrected chi connectivity index (χ0v) is 20.3. The molecule has 1 atom stereocenters. The van der Waals surface area contributed by atoms with Crippen molar-refractivity contribution in [3.8, 4) is 17.9 Å². The lowest BCUT2D eigenvalue weighted by molar-refractivity contribution is 0.389. The van der Waals surface area contributed by atoms with Crippen LogP contribution >= 0.6 is 0 Å². The summed E-state index contributed by atoms with van der Waals surface area (Å²) in [6, 6.07) is 8.74. The first-order chi connectivity index (χ1) is 15.5. The maximum Gasteiger partial charge on any atom is 0.142 e. The van der Waals surface area contributed by atoms with Gasteiger partial charge < -0.3 is 15.4 Å². The summed E-state index contributed by atoms with van der Waals surface area (Å²) in [6.07, 6.45) is 3.10. The highest BCUT2D eigenvalue weighted by Crippen LogP contribution is 2.48. The molecule has 1 aromatic heterocycles. The van der Waals surface area contributed by atoms with Gasteiger partial charge in [0, 0.05) is 35.5 Å². The number of methoxy groups -OCH3 is 1. The molecule has 6 heteroatoms. The quantitative estimate of drug-likeness (QED) is 0.670. The molecule has 33 heavy (non-hydrogen) atoms. The Labute approximate surface area is 195 Å². The Hall–Kier alpha value is -3.77. The Morgan fingerprint density at radius 1 is 1.24 bits per heavy atom. The lowest BCUT2D eigenvalue weighted by Crippen LogP contribution is -2.45. The number of ether oxygens (including phenoxy) is 1. The number of fused-ring (bicyclic) bond motifs is 2. The first-order valence-corrected chi connectivity index (χ1v) is 11.0. The van der Waals surface area contributed by atoms with E-state index in [0.717, 1.165) is 40.0 Å². The molecule has 2 N–H and O–H groups in total. The smallest absolute Gasteiger partial charge is 0.142 e. The Balaban J connectivity index is 1.98. The summed E-state index contributed by atoms with van der Waals surface area (Å²) in [5.41, 5.74) is 14.1. The highest BCUT2D eigenvalue weighted by Gasteiger charge is 2.35. The zero-order chi connectivity index (χ0) is 24.2. The average molecular weight is 440 g/mol. The number of allylic oxidation sites excluding steroid dienone is 3. The summed E-state index contributed by atoms with van der Waals surface area (Å²) in [4.78, 5) is 6.75. The van der Waals surface area contributed by atoms with E-state index in [-0.39, 0.29) is 11.4 Å². The first kappa shape index (κ1) is 22.4. The highest BCUT2D eigenvalue weighted by atomic mass is 16.5. The second-order valence-electron chi connectivity index (χ2n) is 9.63. The summed E-state index contributed by atoms with van der Waals surface area (Å²) in [5, 5.41) is 19.4. The number of hydrogen-bond donors (Lipinski definition) is 1. The molecule has 0 fully saturated rings. The van der Waals surface area contributed by atoms with Crippen LogP contribution in [0.3, 0.4) is 0 Å². The van der Waals surface area contributed by atoms with Crippen LogP contribution in [0, 0.1) is 29.6 Å². The van der Waals surface area contributed by atoms with E-state index in [9.17, 15) is 10.5 Å². The van der Waals surface area contributed by atoms with Crippen molar-refractivity contribution in [1.82, 2.24) is 4.98 Å². The van der Waals surface area contributed by atoms with E-state index in [1.165, 1.54) is 11.3 Å². The van der Waals surface area contributed by atoms with E-state index in [0.29, 0.717) is 22.7 Å². The number of nitrogens with two attached hydrogens (primary N) is 1. The summed E-state index contributed by atoms with van der Waals surface area (Å²) < 4.78 is 5.80. The molecule has 4 rings (SSSR count). The van der Waals surface area contributed by atoms with Crippen LogP contribution in [0.25, 0.3) is 17.2 Å². The number of hydrogen-bond acceptors (Lipinski definition) is 6. The highest BCUT2D eigenvalue weighted by molar-refractivity contribution is 6.09. The molecule has 1 aromatic carbocycles. The number of nitrogen functional groups attached to an aromatic ring is 1. The number of aromatic nitrogens is 1. The molecule has 1 aliphatic heterocycles. The molecule has 0 saturated heterocycles. The van der Waals surface area contributed by atoms with Gasteiger partial charge in [0.1, 0.15) is 23.7 Å². The lowest BCUT2D eigenvalue weighted by Gasteiger charge is -2.45. The predicted octanol–water partition coefficient (Wildman–Crippen LogP) is 5.43. The van der Waals surface area contributed by atoms with Crippen molar-refractivity contribution in [2.24, 2.45) is 0 Å². The van der Waals surface area contributed by atoms with Crippen molar-refractivity contribution in [3.05, 3.63) is 51.2 Å². The summed E-state index contributed by atoms with van der Waals surface area (Å²) >= 11 is 0. The van der Waals surface area contributed by atoms with Crippen LogP contribution in [0.2, 0.25) is 0 Å². The van der Waals surface area contributed by atoms with Crippen molar-refractivity contribution in [1.29, 1.82) is 10.5 Å². The number of rotatable bonds is 2. The molecule has 2 aromatic rings. The van der Waals surface area contributed by atoms with Crippen molar-refractivity contribution in [2.75, 3.05) is 24.8 Å². The fourth-order valence-electron chi connectivity index (χ4n) is 5.25. The summed E-state index contributed by atoms with van der Waals surface area (Å²) in [5.74, 6) is 1.31. The van der Waals surface area contributed by atoms with Gasteiger partial charge in [0.2, 0.25) is 0 Å². The number of nitrogens with zero attached hydrogens (tertiary/aromatic N) is 4. The third-order valence-corrected chi connectivity index (χ3v) is 7.27. The number of benzene rings is 1. The molecular formula is C27H29N5O. The SMILES string of the molecule is COc1cc2c(cc1/C=C1\C(C)=C(C#N)c3nc(N)c(C#N)c(C)c31)C(C)CC(C)(C)N2C.